The Balaban J connectivity index is 2.58. The average Bonchev–Trinajstić information content (AvgIpc) is 2.38. The molecule has 112 valence electrons. The summed E-state index contributed by atoms with van der Waals surface area (Å²) >= 11 is 5.66. The van der Waals surface area contributed by atoms with Crippen LogP contribution in [0.25, 0.3) is 0 Å². The molecular weight excluding hydrogens is 283 g/mol. The first kappa shape index (κ1) is 16.9. The molecule has 0 radical (unpaired) electrons. The minimum atomic E-state index is -0.517. The van der Waals surface area contributed by atoms with Gasteiger partial charge in [0.1, 0.15) is 5.82 Å². The second-order valence-corrected chi connectivity index (χ2v) is 5.23. The number of benzene rings is 1. The lowest BCUT2D eigenvalue weighted by Gasteiger charge is -2.25. The molecule has 0 aliphatic heterocycles. The van der Waals surface area contributed by atoms with E-state index in [-0.39, 0.29) is 30.1 Å². The SMILES string of the molecule is CC(C)N(CCCO)CC(=O)Nc1ccc(F)c(Cl)c1. The molecule has 0 aromatic heterocycles. The van der Waals surface area contributed by atoms with Crippen molar-refractivity contribution in [1.82, 2.24) is 4.90 Å². The van der Waals surface area contributed by atoms with Gasteiger partial charge < -0.3 is 10.4 Å². The van der Waals surface area contributed by atoms with Crippen LogP contribution in [0.5, 0.6) is 0 Å². The van der Waals surface area contributed by atoms with E-state index >= 15 is 0 Å². The summed E-state index contributed by atoms with van der Waals surface area (Å²) < 4.78 is 13.0. The molecule has 20 heavy (non-hydrogen) atoms. The van der Waals surface area contributed by atoms with Crippen molar-refractivity contribution in [3.05, 3.63) is 29.0 Å². The molecule has 2 N–H and O–H groups in total. The van der Waals surface area contributed by atoms with E-state index in [0.717, 1.165) is 0 Å². The lowest BCUT2D eigenvalue weighted by molar-refractivity contribution is -0.117. The summed E-state index contributed by atoms with van der Waals surface area (Å²) in [6, 6.07) is 4.25. The van der Waals surface area contributed by atoms with Crippen LogP contribution in [0.15, 0.2) is 18.2 Å². The number of carbonyl (C=O) groups is 1. The zero-order valence-corrected chi connectivity index (χ0v) is 12.5. The highest BCUT2D eigenvalue weighted by atomic mass is 35.5. The molecule has 0 saturated heterocycles. The number of aliphatic hydroxyl groups is 1. The fourth-order valence-corrected chi connectivity index (χ4v) is 1.93. The topological polar surface area (TPSA) is 52.6 Å². The van der Waals surface area contributed by atoms with Crippen LogP contribution in [-0.2, 0) is 4.79 Å². The van der Waals surface area contributed by atoms with Gasteiger partial charge in [-0.25, -0.2) is 4.39 Å². The molecule has 1 amide bonds. The Morgan fingerprint density at radius 2 is 2.20 bits per heavy atom. The molecule has 0 unspecified atom stereocenters. The summed E-state index contributed by atoms with van der Waals surface area (Å²) in [6.07, 6.45) is 0.619. The maximum absolute atomic E-state index is 13.0. The van der Waals surface area contributed by atoms with Crippen molar-refractivity contribution in [1.29, 1.82) is 0 Å². The number of halogens is 2. The number of hydrogen-bond acceptors (Lipinski definition) is 3. The quantitative estimate of drug-likeness (QED) is 0.814. The molecule has 0 aliphatic rings. The van der Waals surface area contributed by atoms with E-state index in [1.807, 2.05) is 18.7 Å². The van der Waals surface area contributed by atoms with Crippen LogP contribution in [0, 0.1) is 5.82 Å². The summed E-state index contributed by atoms with van der Waals surface area (Å²) in [6.45, 7) is 4.93. The fourth-order valence-electron chi connectivity index (χ4n) is 1.75. The number of nitrogens with zero attached hydrogens (tertiary/aromatic N) is 1. The van der Waals surface area contributed by atoms with Crippen LogP contribution >= 0.6 is 11.6 Å². The first-order chi connectivity index (χ1) is 9.43. The number of aliphatic hydroxyl groups excluding tert-OH is 1. The van der Waals surface area contributed by atoms with E-state index in [4.69, 9.17) is 16.7 Å². The van der Waals surface area contributed by atoms with E-state index in [1.165, 1.54) is 18.2 Å². The summed E-state index contributed by atoms with van der Waals surface area (Å²) in [5, 5.41) is 11.5. The summed E-state index contributed by atoms with van der Waals surface area (Å²) in [5.41, 5.74) is 0.465. The smallest absolute Gasteiger partial charge is 0.238 e. The van der Waals surface area contributed by atoms with Gasteiger partial charge in [-0.2, -0.15) is 0 Å². The molecule has 6 heteroatoms. The Morgan fingerprint density at radius 3 is 2.75 bits per heavy atom. The maximum atomic E-state index is 13.0. The van der Waals surface area contributed by atoms with Crippen molar-refractivity contribution in [2.24, 2.45) is 0 Å². The van der Waals surface area contributed by atoms with Crippen molar-refractivity contribution in [2.75, 3.05) is 25.0 Å². The largest absolute Gasteiger partial charge is 0.396 e. The van der Waals surface area contributed by atoms with Crippen LogP contribution < -0.4 is 5.32 Å². The predicted octanol–water partition coefficient (Wildman–Crippen LogP) is 2.51. The van der Waals surface area contributed by atoms with E-state index < -0.39 is 5.82 Å². The van der Waals surface area contributed by atoms with Crippen LogP contribution in [-0.4, -0.2) is 41.7 Å². The number of anilines is 1. The zero-order chi connectivity index (χ0) is 15.1. The van der Waals surface area contributed by atoms with Gasteiger partial charge in [-0.3, -0.25) is 9.69 Å². The van der Waals surface area contributed by atoms with Crippen molar-refractivity contribution >= 4 is 23.2 Å². The van der Waals surface area contributed by atoms with Crippen LogP contribution in [0.4, 0.5) is 10.1 Å². The Labute approximate surface area is 123 Å². The van der Waals surface area contributed by atoms with Crippen molar-refractivity contribution < 1.29 is 14.3 Å². The highest BCUT2D eigenvalue weighted by molar-refractivity contribution is 6.31. The minimum Gasteiger partial charge on any atom is -0.396 e. The van der Waals surface area contributed by atoms with Gasteiger partial charge in [-0.15, -0.1) is 0 Å². The molecule has 0 aliphatic carbocycles. The predicted molar refractivity (Wildman–Crippen MR) is 78.5 cm³/mol. The van der Waals surface area contributed by atoms with Gasteiger partial charge in [0, 0.05) is 24.9 Å². The van der Waals surface area contributed by atoms with Crippen LogP contribution in [0.2, 0.25) is 5.02 Å². The van der Waals surface area contributed by atoms with Crippen molar-refractivity contribution in [3.63, 3.8) is 0 Å². The van der Waals surface area contributed by atoms with Crippen LogP contribution in [0.3, 0.4) is 0 Å². The molecule has 4 nitrogen and oxygen atoms in total. The molecule has 1 rings (SSSR count). The summed E-state index contributed by atoms with van der Waals surface area (Å²) in [7, 11) is 0. The zero-order valence-electron chi connectivity index (χ0n) is 11.7. The average molecular weight is 303 g/mol. The fraction of sp³-hybridized carbons (Fsp3) is 0.500. The van der Waals surface area contributed by atoms with E-state index in [9.17, 15) is 9.18 Å². The van der Waals surface area contributed by atoms with Gasteiger partial charge in [0.2, 0.25) is 5.91 Å². The summed E-state index contributed by atoms with van der Waals surface area (Å²) in [4.78, 5) is 13.9. The molecule has 0 saturated carbocycles. The highest BCUT2D eigenvalue weighted by Gasteiger charge is 2.14. The monoisotopic (exact) mass is 302 g/mol. The standard InChI is InChI=1S/C14H20ClFN2O2/c1-10(2)18(6-3-7-19)9-14(20)17-11-4-5-13(16)12(15)8-11/h4-5,8,10,19H,3,6-7,9H2,1-2H3,(H,17,20). The first-order valence-corrected chi connectivity index (χ1v) is 6.91. The highest BCUT2D eigenvalue weighted by Crippen LogP contribution is 2.19. The molecule has 0 bridgehead atoms. The van der Waals surface area contributed by atoms with Crippen LogP contribution in [0.1, 0.15) is 20.3 Å². The lowest BCUT2D eigenvalue weighted by atomic mass is 10.2. The number of hydrogen-bond donors (Lipinski definition) is 2. The Kier molecular flexibility index (Phi) is 6.91. The Bertz CT molecular complexity index is 455. The second-order valence-electron chi connectivity index (χ2n) is 4.82. The summed E-state index contributed by atoms with van der Waals surface area (Å²) in [5.74, 6) is -0.712. The van der Waals surface area contributed by atoms with Gasteiger partial charge in [-0.05, 0) is 38.5 Å². The van der Waals surface area contributed by atoms with Gasteiger partial charge in [0.15, 0.2) is 0 Å². The molecule has 0 atom stereocenters. The van der Waals surface area contributed by atoms with Gasteiger partial charge in [0.25, 0.3) is 0 Å². The van der Waals surface area contributed by atoms with Gasteiger partial charge in [0.05, 0.1) is 11.6 Å². The van der Waals surface area contributed by atoms with Gasteiger partial charge >= 0.3 is 0 Å². The third-order valence-corrected chi connectivity index (χ3v) is 3.17. The van der Waals surface area contributed by atoms with E-state index in [1.54, 1.807) is 0 Å². The van der Waals surface area contributed by atoms with E-state index in [2.05, 4.69) is 5.32 Å². The molecule has 0 heterocycles. The Morgan fingerprint density at radius 1 is 1.50 bits per heavy atom. The number of nitrogens with one attached hydrogen (secondary N) is 1. The molecule has 1 aromatic carbocycles. The normalized spacial score (nSPS) is 11.2. The maximum Gasteiger partial charge on any atom is 0.238 e. The second kappa shape index (κ2) is 8.19. The van der Waals surface area contributed by atoms with Gasteiger partial charge in [-0.1, -0.05) is 11.6 Å². The number of carbonyl (C=O) groups excluding carboxylic acids is 1. The van der Waals surface area contributed by atoms with Crippen molar-refractivity contribution in [2.45, 2.75) is 26.3 Å². The minimum absolute atomic E-state index is 0.0243. The van der Waals surface area contributed by atoms with Crippen molar-refractivity contribution in [3.8, 4) is 0 Å². The lowest BCUT2D eigenvalue weighted by Crippen LogP contribution is -2.39. The molecule has 0 fully saturated rings. The molecular formula is C14H20ClFN2O2. The first-order valence-electron chi connectivity index (χ1n) is 6.54. The number of rotatable bonds is 7. The molecule has 1 aromatic rings. The third-order valence-electron chi connectivity index (χ3n) is 2.88. The molecule has 0 spiro atoms. The van der Waals surface area contributed by atoms with E-state index in [0.29, 0.717) is 18.7 Å². The number of amides is 1. The Hall–Kier alpha value is -1.17. The third kappa shape index (κ3) is 5.45.